The highest BCUT2D eigenvalue weighted by atomic mass is 16.5. The van der Waals surface area contributed by atoms with Crippen LogP contribution in [-0.2, 0) is 4.74 Å². The summed E-state index contributed by atoms with van der Waals surface area (Å²) >= 11 is 0. The third kappa shape index (κ3) is 4.46. The average Bonchev–Trinajstić information content (AvgIpc) is 2.19. The molecule has 0 saturated heterocycles. The van der Waals surface area contributed by atoms with Crippen molar-refractivity contribution in [1.82, 2.24) is 0 Å². The van der Waals surface area contributed by atoms with E-state index in [-0.39, 0.29) is 0 Å². The van der Waals surface area contributed by atoms with Crippen molar-refractivity contribution >= 4 is 5.71 Å². The van der Waals surface area contributed by atoms with E-state index in [0.29, 0.717) is 24.4 Å². The summed E-state index contributed by atoms with van der Waals surface area (Å²) < 4.78 is 5.06. The van der Waals surface area contributed by atoms with E-state index in [1.807, 2.05) is 26.8 Å². The molecule has 0 aromatic carbocycles. The third-order valence-corrected chi connectivity index (χ3v) is 1.42. The molecule has 0 radical (unpaired) electrons. The van der Waals surface area contributed by atoms with Crippen LogP contribution >= 0.6 is 0 Å². The largest absolute Gasteiger partial charge is 0.500 e. The molecule has 0 aliphatic heterocycles. The molecule has 0 amide bonds. The summed E-state index contributed by atoms with van der Waals surface area (Å²) in [6.07, 6.45) is 5.11. The highest BCUT2D eigenvalue weighted by Gasteiger charge is 2.01. The quantitative estimate of drug-likeness (QED) is 0.381. The monoisotopic (exact) mass is 192 g/mol. The molecule has 0 aliphatic carbocycles. The lowest BCUT2D eigenvalue weighted by atomic mass is 10.2. The van der Waals surface area contributed by atoms with Gasteiger partial charge in [0.2, 0.25) is 0 Å². The summed E-state index contributed by atoms with van der Waals surface area (Å²) in [5, 5.41) is 8.86. The van der Waals surface area contributed by atoms with Gasteiger partial charge in [-0.1, -0.05) is 6.08 Å². The minimum absolute atomic E-state index is 0.465. The van der Waals surface area contributed by atoms with Crippen LogP contribution in [-0.4, -0.2) is 18.9 Å². The van der Waals surface area contributed by atoms with Gasteiger partial charge in [0.05, 0.1) is 12.3 Å². The molecule has 0 spiro atoms. The molecule has 14 heavy (non-hydrogen) atoms. The second kappa shape index (κ2) is 8.06. The fourth-order valence-corrected chi connectivity index (χ4v) is 0.867. The summed E-state index contributed by atoms with van der Waals surface area (Å²) in [5.41, 5.74) is 1.14. The Morgan fingerprint density at radius 1 is 1.50 bits per heavy atom. The molecule has 0 aliphatic rings. The maximum absolute atomic E-state index is 8.86. The van der Waals surface area contributed by atoms with E-state index in [2.05, 4.69) is 11.1 Å². The van der Waals surface area contributed by atoms with E-state index < -0.39 is 0 Å². The van der Waals surface area contributed by atoms with Crippen molar-refractivity contribution in [3.05, 3.63) is 24.0 Å². The number of hydrogen-bond donors (Lipinski definition) is 0. The average molecular weight is 192 g/mol. The van der Waals surface area contributed by atoms with Crippen molar-refractivity contribution in [2.24, 2.45) is 4.99 Å². The van der Waals surface area contributed by atoms with E-state index in [0.717, 1.165) is 0 Å². The number of hydrogen-bond acceptors (Lipinski definition) is 3. The maximum atomic E-state index is 8.86. The zero-order valence-electron chi connectivity index (χ0n) is 8.95. The van der Waals surface area contributed by atoms with Gasteiger partial charge in [0.15, 0.2) is 0 Å². The topological polar surface area (TPSA) is 45.4 Å². The van der Waals surface area contributed by atoms with Crippen LogP contribution < -0.4 is 0 Å². The molecule has 3 nitrogen and oxygen atoms in total. The Labute approximate surface area is 85.4 Å². The van der Waals surface area contributed by atoms with E-state index in [9.17, 15) is 0 Å². The van der Waals surface area contributed by atoms with Gasteiger partial charge in [-0.2, -0.15) is 5.26 Å². The maximum Gasteiger partial charge on any atom is 0.112 e. The van der Waals surface area contributed by atoms with Crippen LogP contribution in [0, 0.1) is 11.3 Å². The molecule has 0 N–H and O–H groups in total. The fourth-order valence-electron chi connectivity index (χ4n) is 0.867. The first-order valence-electron chi connectivity index (χ1n) is 4.69. The molecular formula is C11H16N2O. The zero-order chi connectivity index (χ0) is 10.8. The number of aliphatic imine (C=N–C) groups is 1. The van der Waals surface area contributed by atoms with Gasteiger partial charge in [-0.25, -0.2) is 0 Å². The number of nitriles is 1. The van der Waals surface area contributed by atoms with E-state index >= 15 is 0 Å². The van der Waals surface area contributed by atoms with Crippen molar-refractivity contribution in [3.63, 3.8) is 0 Å². The molecule has 3 heteroatoms. The Hall–Kier alpha value is -1.56. The van der Waals surface area contributed by atoms with Gasteiger partial charge in [-0.05, 0) is 26.8 Å². The molecular weight excluding hydrogens is 176 g/mol. The highest BCUT2D eigenvalue weighted by Crippen LogP contribution is 2.00. The summed E-state index contributed by atoms with van der Waals surface area (Å²) in [7, 11) is 0. The SMILES string of the molecule is C/C=C\C(=NCC)/C(C#N)=C\OCC. The van der Waals surface area contributed by atoms with Gasteiger partial charge in [0, 0.05) is 6.54 Å². The molecule has 0 saturated carbocycles. The van der Waals surface area contributed by atoms with Crippen molar-refractivity contribution in [2.45, 2.75) is 20.8 Å². The van der Waals surface area contributed by atoms with Gasteiger partial charge < -0.3 is 4.74 Å². The van der Waals surface area contributed by atoms with Crippen molar-refractivity contribution < 1.29 is 4.74 Å². The molecule has 0 atom stereocenters. The summed E-state index contributed by atoms with van der Waals surface area (Å²) in [6.45, 7) is 6.91. The molecule has 0 aromatic heterocycles. The van der Waals surface area contributed by atoms with Crippen molar-refractivity contribution in [1.29, 1.82) is 5.26 Å². The Morgan fingerprint density at radius 3 is 2.64 bits per heavy atom. The lowest BCUT2D eigenvalue weighted by Crippen LogP contribution is -1.99. The first-order valence-corrected chi connectivity index (χ1v) is 4.69. The number of rotatable bonds is 5. The third-order valence-electron chi connectivity index (χ3n) is 1.42. The Morgan fingerprint density at radius 2 is 2.21 bits per heavy atom. The summed E-state index contributed by atoms with van der Waals surface area (Å²) in [6, 6.07) is 2.06. The van der Waals surface area contributed by atoms with Crippen LogP contribution in [0.5, 0.6) is 0 Å². The Balaban J connectivity index is 4.79. The Kier molecular flexibility index (Phi) is 7.16. The molecule has 0 rings (SSSR count). The smallest absolute Gasteiger partial charge is 0.112 e. The van der Waals surface area contributed by atoms with Crippen LogP contribution in [0.3, 0.4) is 0 Å². The predicted molar refractivity (Wildman–Crippen MR) is 58.1 cm³/mol. The fraction of sp³-hybridized carbons (Fsp3) is 0.455. The normalized spacial score (nSPS) is 13.0. The molecule has 0 bridgehead atoms. The minimum atomic E-state index is 0.465. The minimum Gasteiger partial charge on any atom is -0.500 e. The lowest BCUT2D eigenvalue weighted by Gasteiger charge is -1.99. The van der Waals surface area contributed by atoms with Gasteiger partial charge in [0.25, 0.3) is 0 Å². The van der Waals surface area contributed by atoms with Crippen LogP contribution in [0.1, 0.15) is 20.8 Å². The van der Waals surface area contributed by atoms with Crippen molar-refractivity contribution in [3.8, 4) is 6.07 Å². The summed E-state index contributed by atoms with van der Waals surface area (Å²) in [4.78, 5) is 4.20. The number of nitrogens with zero attached hydrogens (tertiary/aromatic N) is 2. The molecule has 0 aromatic rings. The molecule has 0 heterocycles. The zero-order valence-corrected chi connectivity index (χ0v) is 8.95. The van der Waals surface area contributed by atoms with E-state index in [1.165, 1.54) is 6.26 Å². The Bertz CT molecular complexity index is 282. The molecule has 0 fully saturated rings. The van der Waals surface area contributed by atoms with Crippen molar-refractivity contribution in [2.75, 3.05) is 13.2 Å². The van der Waals surface area contributed by atoms with Crippen LogP contribution in [0.2, 0.25) is 0 Å². The van der Waals surface area contributed by atoms with Crippen LogP contribution in [0.4, 0.5) is 0 Å². The highest BCUT2D eigenvalue weighted by molar-refractivity contribution is 6.10. The van der Waals surface area contributed by atoms with Gasteiger partial charge >= 0.3 is 0 Å². The van der Waals surface area contributed by atoms with Gasteiger partial charge in [-0.3, -0.25) is 4.99 Å². The first kappa shape index (κ1) is 12.4. The van der Waals surface area contributed by atoms with Crippen LogP contribution in [0.25, 0.3) is 0 Å². The van der Waals surface area contributed by atoms with Crippen LogP contribution in [0.15, 0.2) is 29.0 Å². The standard InChI is InChI=1S/C11H16N2O/c1-4-7-11(13-5-2)10(8-12)9-14-6-3/h4,7,9H,5-6H2,1-3H3/b7-4-,10-9-,13-11?. The van der Waals surface area contributed by atoms with Gasteiger partial charge in [-0.15, -0.1) is 0 Å². The van der Waals surface area contributed by atoms with E-state index in [4.69, 9.17) is 10.00 Å². The molecule has 76 valence electrons. The molecule has 0 unspecified atom stereocenters. The van der Waals surface area contributed by atoms with Gasteiger partial charge in [0.1, 0.15) is 17.9 Å². The first-order chi connectivity index (χ1) is 6.79. The lowest BCUT2D eigenvalue weighted by molar-refractivity contribution is 0.268. The van der Waals surface area contributed by atoms with E-state index in [1.54, 1.807) is 6.08 Å². The second-order valence-corrected chi connectivity index (χ2v) is 2.46. The summed E-state index contributed by atoms with van der Waals surface area (Å²) in [5.74, 6) is 0. The number of ether oxygens (including phenoxy) is 1. The predicted octanol–water partition coefficient (Wildman–Crippen LogP) is 2.47. The number of allylic oxidation sites excluding steroid dienone is 3. The second-order valence-electron chi connectivity index (χ2n) is 2.46.